The highest BCUT2D eigenvalue weighted by atomic mass is 16.2. The Balaban J connectivity index is 1.80. The topological polar surface area (TPSA) is 78.2 Å². The summed E-state index contributed by atoms with van der Waals surface area (Å²) in [5, 5.41) is 8.74. The standard InChI is InChI=1S/C15H24N4O/c1-19(8-3-2-4-10-20)9-7-15-17-13-6-5-12(16)11-14(13)18-15/h5-6,11,20H,2-4,7-10,16H2,1H3,(H,17,18). The number of anilines is 1. The molecule has 2 rings (SSSR count). The van der Waals surface area contributed by atoms with Crippen LogP contribution in [0.25, 0.3) is 11.0 Å². The molecule has 5 heteroatoms. The molecule has 0 unspecified atom stereocenters. The number of hydrogen-bond acceptors (Lipinski definition) is 4. The summed E-state index contributed by atoms with van der Waals surface area (Å²) in [6, 6.07) is 5.74. The smallest absolute Gasteiger partial charge is 0.108 e. The second-order valence-electron chi connectivity index (χ2n) is 5.30. The van der Waals surface area contributed by atoms with Crippen LogP contribution in [0.15, 0.2) is 18.2 Å². The molecule has 110 valence electrons. The summed E-state index contributed by atoms with van der Waals surface area (Å²) in [6.07, 6.45) is 4.03. The zero-order valence-electron chi connectivity index (χ0n) is 12.1. The van der Waals surface area contributed by atoms with Crippen molar-refractivity contribution >= 4 is 16.7 Å². The number of rotatable bonds is 8. The number of aromatic amines is 1. The monoisotopic (exact) mass is 276 g/mol. The largest absolute Gasteiger partial charge is 0.399 e. The number of unbranched alkanes of at least 4 members (excludes halogenated alkanes) is 2. The summed E-state index contributed by atoms with van der Waals surface area (Å²) < 4.78 is 0. The Morgan fingerprint density at radius 2 is 2.10 bits per heavy atom. The van der Waals surface area contributed by atoms with Crippen LogP contribution in [0, 0.1) is 0 Å². The van der Waals surface area contributed by atoms with Gasteiger partial charge in [0.05, 0.1) is 11.0 Å². The van der Waals surface area contributed by atoms with Crippen molar-refractivity contribution in [3.8, 4) is 0 Å². The Bertz CT molecular complexity index is 538. The molecule has 1 aromatic heterocycles. The van der Waals surface area contributed by atoms with Gasteiger partial charge in [0.25, 0.3) is 0 Å². The number of aromatic nitrogens is 2. The maximum absolute atomic E-state index is 8.74. The van der Waals surface area contributed by atoms with Crippen molar-refractivity contribution in [1.29, 1.82) is 0 Å². The third-order valence-electron chi connectivity index (χ3n) is 3.48. The lowest BCUT2D eigenvalue weighted by Gasteiger charge is -2.15. The molecule has 0 bridgehead atoms. The number of aliphatic hydroxyl groups is 1. The van der Waals surface area contributed by atoms with Crippen molar-refractivity contribution < 1.29 is 5.11 Å². The molecule has 0 aliphatic rings. The minimum Gasteiger partial charge on any atom is -0.399 e. The molecule has 0 atom stereocenters. The number of imidazole rings is 1. The quantitative estimate of drug-likeness (QED) is 0.507. The molecular weight excluding hydrogens is 252 g/mol. The maximum Gasteiger partial charge on any atom is 0.108 e. The normalized spacial score (nSPS) is 11.6. The molecule has 0 radical (unpaired) electrons. The van der Waals surface area contributed by atoms with E-state index in [1.165, 1.54) is 0 Å². The third kappa shape index (κ3) is 4.21. The number of H-pyrrole nitrogens is 1. The minimum absolute atomic E-state index is 0.297. The fourth-order valence-electron chi connectivity index (χ4n) is 2.28. The van der Waals surface area contributed by atoms with Crippen LogP contribution in [-0.4, -0.2) is 46.7 Å². The number of hydrogen-bond donors (Lipinski definition) is 3. The summed E-state index contributed by atoms with van der Waals surface area (Å²) in [5.74, 6) is 1.01. The summed E-state index contributed by atoms with van der Waals surface area (Å²) >= 11 is 0. The first-order valence-corrected chi connectivity index (χ1v) is 7.22. The van der Waals surface area contributed by atoms with Crippen LogP contribution in [0.2, 0.25) is 0 Å². The Kier molecular flexibility index (Phi) is 5.38. The average Bonchev–Trinajstić information content (AvgIpc) is 2.83. The van der Waals surface area contributed by atoms with E-state index >= 15 is 0 Å². The van der Waals surface area contributed by atoms with Crippen LogP contribution in [-0.2, 0) is 6.42 Å². The molecule has 2 aromatic rings. The summed E-state index contributed by atoms with van der Waals surface area (Å²) in [6.45, 7) is 2.34. The second kappa shape index (κ2) is 7.26. The van der Waals surface area contributed by atoms with E-state index < -0.39 is 0 Å². The first-order chi connectivity index (χ1) is 9.69. The molecule has 0 aliphatic carbocycles. The molecule has 0 saturated carbocycles. The van der Waals surface area contributed by atoms with Crippen molar-refractivity contribution in [2.24, 2.45) is 0 Å². The van der Waals surface area contributed by atoms with E-state index in [0.717, 1.165) is 61.3 Å². The molecular formula is C15H24N4O. The fraction of sp³-hybridized carbons (Fsp3) is 0.533. The molecule has 0 aliphatic heterocycles. The summed E-state index contributed by atoms with van der Waals surface area (Å²) in [5.41, 5.74) is 8.50. The highest BCUT2D eigenvalue weighted by Gasteiger charge is 2.05. The number of likely N-dealkylation sites (N-methyl/N-ethyl adjacent to an activating group) is 1. The lowest BCUT2D eigenvalue weighted by atomic mass is 10.2. The maximum atomic E-state index is 8.74. The lowest BCUT2D eigenvalue weighted by Crippen LogP contribution is -2.22. The van der Waals surface area contributed by atoms with Crippen LogP contribution in [0.1, 0.15) is 25.1 Å². The van der Waals surface area contributed by atoms with Gasteiger partial charge >= 0.3 is 0 Å². The zero-order valence-corrected chi connectivity index (χ0v) is 12.1. The van der Waals surface area contributed by atoms with Crippen LogP contribution in [0.4, 0.5) is 5.69 Å². The van der Waals surface area contributed by atoms with Gasteiger partial charge in [-0.05, 0) is 51.1 Å². The van der Waals surface area contributed by atoms with E-state index in [9.17, 15) is 0 Å². The Morgan fingerprint density at radius 3 is 2.90 bits per heavy atom. The Morgan fingerprint density at radius 1 is 1.25 bits per heavy atom. The van der Waals surface area contributed by atoms with Crippen molar-refractivity contribution in [3.05, 3.63) is 24.0 Å². The molecule has 4 N–H and O–H groups in total. The highest BCUT2D eigenvalue weighted by molar-refractivity contribution is 5.78. The number of fused-ring (bicyclic) bond motifs is 1. The number of nitrogens with zero attached hydrogens (tertiary/aromatic N) is 2. The van der Waals surface area contributed by atoms with Gasteiger partial charge in [0.15, 0.2) is 0 Å². The SMILES string of the molecule is CN(CCCCCO)CCc1nc2ccc(N)cc2[nH]1. The Labute approximate surface area is 119 Å². The average molecular weight is 276 g/mol. The van der Waals surface area contributed by atoms with Crippen LogP contribution in [0.5, 0.6) is 0 Å². The number of nitrogen functional groups attached to an aromatic ring is 1. The molecule has 0 amide bonds. The molecule has 0 fully saturated rings. The van der Waals surface area contributed by atoms with Crippen molar-refractivity contribution in [2.45, 2.75) is 25.7 Å². The number of nitrogens with two attached hydrogens (primary N) is 1. The molecule has 20 heavy (non-hydrogen) atoms. The van der Waals surface area contributed by atoms with Gasteiger partial charge in [0.2, 0.25) is 0 Å². The first kappa shape index (κ1) is 14.8. The van der Waals surface area contributed by atoms with Gasteiger partial charge in [-0.15, -0.1) is 0 Å². The number of aliphatic hydroxyl groups excluding tert-OH is 1. The number of nitrogens with one attached hydrogen (secondary N) is 1. The van der Waals surface area contributed by atoms with Gasteiger partial charge in [-0.2, -0.15) is 0 Å². The van der Waals surface area contributed by atoms with Gasteiger partial charge in [0.1, 0.15) is 5.82 Å². The lowest BCUT2D eigenvalue weighted by molar-refractivity contribution is 0.273. The van der Waals surface area contributed by atoms with E-state index in [0.29, 0.717) is 6.61 Å². The first-order valence-electron chi connectivity index (χ1n) is 7.22. The summed E-state index contributed by atoms with van der Waals surface area (Å²) in [4.78, 5) is 10.2. The molecule has 1 heterocycles. The summed E-state index contributed by atoms with van der Waals surface area (Å²) in [7, 11) is 2.12. The predicted octanol–water partition coefficient (Wildman–Crippen LogP) is 1.78. The number of benzene rings is 1. The molecule has 0 spiro atoms. The van der Waals surface area contributed by atoms with E-state index in [4.69, 9.17) is 10.8 Å². The van der Waals surface area contributed by atoms with Gasteiger partial charge in [-0.3, -0.25) is 0 Å². The van der Waals surface area contributed by atoms with E-state index in [2.05, 4.69) is 21.9 Å². The highest BCUT2D eigenvalue weighted by Crippen LogP contribution is 2.15. The van der Waals surface area contributed by atoms with Gasteiger partial charge in [-0.1, -0.05) is 0 Å². The van der Waals surface area contributed by atoms with Crippen molar-refractivity contribution in [1.82, 2.24) is 14.9 Å². The Hall–Kier alpha value is -1.59. The molecule has 1 aromatic carbocycles. The van der Waals surface area contributed by atoms with E-state index in [1.54, 1.807) is 0 Å². The van der Waals surface area contributed by atoms with Gasteiger partial charge < -0.3 is 20.7 Å². The zero-order chi connectivity index (χ0) is 14.4. The predicted molar refractivity (Wildman–Crippen MR) is 82.6 cm³/mol. The van der Waals surface area contributed by atoms with Crippen LogP contribution < -0.4 is 5.73 Å². The molecule has 0 saturated heterocycles. The third-order valence-corrected chi connectivity index (χ3v) is 3.48. The second-order valence-corrected chi connectivity index (χ2v) is 5.30. The molecule has 5 nitrogen and oxygen atoms in total. The van der Waals surface area contributed by atoms with E-state index in [-0.39, 0.29) is 0 Å². The van der Waals surface area contributed by atoms with Gasteiger partial charge in [0, 0.05) is 25.3 Å². The van der Waals surface area contributed by atoms with Gasteiger partial charge in [-0.25, -0.2) is 4.98 Å². The van der Waals surface area contributed by atoms with Crippen LogP contribution in [0.3, 0.4) is 0 Å². The van der Waals surface area contributed by atoms with Crippen LogP contribution >= 0.6 is 0 Å². The van der Waals surface area contributed by atoms with Crippen molar-refractivity contribution in [2.75, 3.05) is 32.5 Å². The minimum atomic E-state index is 0.297. The van der Waals surface area contributed by atoms with E-state index in [1.807, 2.05) is 18.2 Å². The fourth-order valence-corrected chi connectivity index (χ4v) is 2.28. The van der Waals surface area contributed by atoms with Crippen molar-refractivity contribution in [3.63, 3.8) is 0 Å².